The molecule has 0 aromatic heterocycles. The summed E-state index contributed by atoms with van der Waals surface area (Å²) in [6.45, 7) is 1.12. The maximum Gasteiger partial charge on any atom is 0.262 e. The Balaban J connectivity index is 1.42. The van der Waals surface area contributed by atoms with Crippen molar-refractivity contribution in [3.8, 4) is 11.5 Å². The molecular weight excluding hydrogens is 488 g/mol. The zero-order valence-corrected chi connectivity index (χ0v) is 21.0. The Morgan fingerprint density at radius 1 is 0.789 bits per heavy atom. The van der Waals surface area contributed by atoms with Crippen molar-refractivity contribution in [2.45, 2.75) is 24.9 Å². The van der Waals surface area contributed by atoms with Gasteiger partial charge >= 0.3 is 0 Å². The van der Waals surface area contributed by atoms with Crippen LogP contribution in [0.5, 0.6) is 11.5 Å². The van der Waals surface area contributed by atoms with E-state index in [2.05, 4.69) is 0 Å². The van der Waals surface area contributed by atoms with Gasteiger partial charge in [0, 0.05) is 17.2 Å². The van der Waals surface area contributed by atoms with Crippen LogP contribution in [0.15, 0.2) is 66.7 Å². The number of carbonyl (C=O) groups excluding carboxylic acids is 3. The van der Waals surface area contributed by atoms with Crippen molar-refractivity contribution in [1.82, 2.24) is 9.80 Å². The van der Waals surface area contributed by atoms with Crippen LogP contribution in [-0.2, 0) is 20.8 Å². The standard InChI is InChI=1S/C29H26N2O7/c1-35-18-12-11-17(23(15-18)36-2)16-30-24(19-7-3-6-10-22(19)29-37-13-14-38-29)25(28(30)34)31-26(32)20-8-4-5-9-21(20)27(31)33/h3-12,15,24-25,29H,13-14,16H2,1-2H3/t24-,25+/m1/s1. The summed E-state index contributed by atoms with van der Waals surface area (Å²) in [5.74, 6) is -0.0777. The molecule has 0 spiro atoms. The minimum atomic E-state index is -1.01. The van der Waals surface area contributed by atoms with Crippen LogP contribution in [-0.4, -0.2) is 61.0 Å². The number of nitrogens with zero attached hydrogens (tertiary/aromatic N) is 2. The molecule has 0 unspecified atom stereocenters. The number of ether oxygens (including phenoxy) is 4. The first kappa shape index (κ1) is 24.1. The van der Waals surface area contributed by atoms with E-state index in [9.17, 15) is 14.4 Å². The lowest BCUT2D eigenvalue weighted by Gasteiger charge is -2.50. The second-order valence-electron chi connectivity index (χ2n) is 9.26. The van der Waals surface area contributed by atoms with E-state index in [0.29, 0.717) is 35.8 Å². The second kappa shape index (κ2) is 9.59. The molecule has 0 N–H and O–H groups in total. The molecule has 0 radical (unpaired) electrons. The Hall–Kier alpha value is -4.21. The molecule has 3 aromatic carbocycles. The molecule has 38 heavy (non-hydrogen) atoms. The van der Waals surface area contributed by atoms with Gasteiger partial charge in [0.1, 0.15) is 17.5 Å². The lowest BCUT2D eigenvalue weighted by molar-refractivity contribution is -0.157. The number of imide groups is 1. The third-order valence-corrected chi connectivity index (χ3v) is 7.30. The largest absolute Gasteiger partial charge is 0.497 e. The Morgan fingerprint density at radius 2 is 1.42 bits per heavy atom. The number of rotatable bonds is 7. The van der Waals surface area contributed by atoms with Crippen molar-refractivity contribution in [2.24, 2.45) is 0 Å². The van der Waals surface area contributed by atoms with E-state index in [1.54, 1.807) is 55.5 Å². The van der Waals surface area contributed by atoms with E-state index in [1.807, 2.05) is 30.3 Å². The molecule has 2 fully saturated rings. The quantitative estimate of drug-likeness (QED) is 0.352. The molecule has 0 bridgehead atoms. The molecule has 0 saturated carbocycles. The van der Waals surface area contributed by atoms with Gasteiger partial charge in [-0.15, -0.1) is 0 Å². The number of benzene rings is 3. The summed E-state index contributed by atoms with van der Waals surface area (Å²) in [7, 11) is 3.12. The third-order valence-electron chi connectivity index (χ3n) is 7.30. The van der Waals surface area contributed by atoms with E-state index < -0.39 is 30.2 Å². The van der Waals surface area contributed by atoms with Crippen molar-refractivity contribution in [1.29, 1.82) is 0 Å². The van der Waals surface area contributed by atoms with Crippen LogP contribution >= 0.6 is 0 Å². The number of likely N-dealkylation sites (tertiary alicyclic amines) is 1. The summed E-state index contributed by atoms with van der Waals surface area (Å²) in [6.07, 6.45) is -0.595. The fourth-order valence-electron chi connectivity index (χ4n) is 5.46. The summed E-state index contributed by atoms with van der Waals surface area (Å²) in [5.41, 5.74) is 2.88. The zero-order valence-electron chi connectivity index (χ0n) is 21.0. The van der Waals surface area contributed by atoms with Crippen LogP contribution < -0.4 is 9.47 Å². The molecule has 9 heteroatoms. The number of methoxy groups -OCH3 is 2. The van der Waals surface area contributed by atoms with Crippen molar-refractivity contribution < 1.29 is 33.3 Å². The van der Waals surface area contributed by atoms with Crippen molar-refractivity contribution in [3.63, 3.8) is 0 Å². The molecule has 2 atom stereocenters. The summed E-state index contributed by atoms with van der Waals surface area (Å²) in [6, 6.07) is 17.9. The van der Waals surface area contributed by atoms with Gasteiger partial charge in [-0.3, -0.25) is 19.3 Å². The minimum absolute atomic E-state index is 0.205. The molecule has 2 saturated heterocycles. The Labute approximate surface area is 219 Å². The highest BCUT2D eigenvalue weighted by atomic mass is 16.7. The smallest absolute Gasteiger partial charge is 0.262 e. The van der Waals surface area contributed by atoms with Gasteiger partial charge in [-0.25, -0.2) is 0 Å². The zero-order chi connectivity index (χ0) is 26.4. The molecule has 9 nitrogen and oxygen atoms in total. The molecule has 0 aliphatic carbocycles. The number of hydrogen-bond donors (Lipinski definition) is 0. The van der Waals surface area contributed by atoms with Gasteiger partial charge in [0.15, 0.2) is 6.29 Å². The molecule has 194 valence electrons. The van der Waals surface area contributed by atoms with Gasteiger partial charge in [-0.2, -0.15) is 0 Å². The average Bonchev–Trinajstić information content (AvgIpc) is 3.58. The Bertz CT molecular complexity index is 1400. The van der Waals surface area contributed by atoms with Gasteiger partial charge in [0.25, 0.3) is 11.8 Å². The van der Waals surface area contributed by atoms with E-state index in [1.165, 1.54) is 0 Å². The maximum absolute atomic E-state index is 13.8. The van der Waals surface area contributed by atoms with Crippen LogP contribution in [0.2, 0.25) is 0 Å². The van der Waals surface area contributed by atoms with Gasteiger partial charge in [-0.1, -0.05) is 36.4 Å². The molecule has 3 aliphatic rings. The second-order valence-corrected chi connectivity index (χ2v) is 9.26. The first-order valence-electron chi connectivity index (χ1n) is 12.3. The molecule has 3 amide bonds. The highest BCUT2D eigenvalue weighted by molar-refractivity contribution is 6.23. The van der Waals surface area contributed by atoms with E-state index in [0.717, 1.165) is 21.6 Å². The number of hydrogen-bond acceptors (Lipinski definition) is 7. The van der Waals surface area contributed by atoms with Crippen molar-refractivity contribution in [3.05, 3.63) is 94.5 Å². The molecule has 3 aliphatic heterocycles. The van der Waals surface area contributed by atoms with Crippen LogP contribution in [0.25, 0.3) is 0 Å². The van der Waals surface area contributed by atoms with Crippen LogP contribution in [0.4, 0.5) is 0 Å². The lowest BCUT2D eigenvalue weighted by atomic mass is 9.84. The van der Waals surface area contributed by atoms with Crippen molar-refractivity contribution in [2.75, 3.05) is 27.4 Å². The predicted molar refractivity (Wildman–Crippen MR) is 135 cm³/mol. The number of fused-ring (bicyclic) bond motifs is 1. The first-order chi connectivity index (χ1) is 18.5. The molecule has 3 aromatic rings. The minimum Gasteiger partial charge on any atom is -0.497 e. The van der Waals surface area contributed by atoms with Crippen LogP contribution in [0.1, 0.15) is 49.7 Å². The van der Waals surface area contributed by atoms with Gasteiger partial charge in [-0.05, 0) is 29.8 Å². The predicted octanol–water partition coefficient (Wildman–Crippen LogP) is 3.50. The SMILES string of the molecule is COc1ccc(CN2C(=O)[C@@H](N3C(=O)c4ccccc4C3=O)[C@H]2c2ccccc2C2OCCO2)c(OC)c1. The van der Waals surface area contributed by atoms with Gasteiger partial charge in [0.05, 0.1) is 51.1 Å². The molecular formula is C29H26N2O7. The summed E-state index contributed by atoms with van der Waals surface area (Å²) in [5, 5.41) is 0. The number of β-lactam (4-membered cyclic amide) rings is 1. The summed E-state index contributed by atoms with van der Waals surface area (Å²) < 4.78 is 22.4. The average molecular weight is 515 g/mol. The van der Waals surface area contributed by atoms with E-state index >= 15 is 0 Å². The van der Waals surface area contributed by atoms with Crippen LogP contribution in [0.3, 0.4) is 0 Å². The normalized spacial score (nSPS) is 21.1. The van der Waals surface area contributed by atoms with Gasteiger partial charge in [0.2, 0.25) is 5.91 Å². The van der Waals surface area contributed by atoms with Crippen molar-refractivity contribution >= 4 is 17.7 Å². The lowest BCUT2D eigenvalue weighted by Crippen LogP contribution is -2.66. The maximum atomic E-state index is 13.8. The third kappa shape index (κ3) is 3.74. The fourth-order valence-corrected chi connectivity index (χ4v) is 5.46. The van der Waals surface area contributed by atoms with Crippen LogP contribution in [0, 0.1) is 0 Å². The highest BCUT2D eigenvalue weighted by Crippen LogP contribution is 2.45. The van der Waals surface area contributed by atoms with E-state index in [4.69, 9.17) is 18.9 Å². The first-order valence-corrected chi connectivity index (χ1v) is 12.3. The summed E-state index contributed by atoms with van der Waals surface area (Å²) in [4.78, 5) is 43.3. The fraction of sp³-hybridized carbons (Fsp3) is 0.276. The number of amides is 3. The number of carbonyl (C=O) groups is 3. The topological polar surface area (TPSA) is 94.6 Å². The molecule has 3 heterocycles. The molecule has 6 rings (SSSR count). The Kier molecular flexibility index (Phi) is 6.09. The van der Waals surface area contributed by atoms with E-state index in [-0.39, 0.29) is 12.5 Å². The van der Waals surface area contributed by atoms with Gasteiger partial charge < -0.3 is 23.8 Å². The Morgan fingerprint density at radius 3 is 2.05 bits per heavy atom. The monoisotopic (exact) mass is 514 g/mol. The highest BCUT2D eigenvalue weighted by Gasteiger charge is 2.57. The summed E-state index contributed by atoms with van der Waals surface area (Å²) >= 11 is 0.